The highest BCUT2D eigenvalue weighted by Gasteiger charge is 2.08. The first kappa shape index (κ1) is 13.7. The van der Waals surface area contributed by atoms with Gasteiger partial charge in [-0.05, 0) is 12.1 Å². The summed E-state index contributed by atoms with van der Waals surface area (Å²) in [5, 5.41) is 16.0. The minimum absolute atomic E-state index is 0.301. The van der Waals surface area contributed by atoms with E-state index in [0.29, 0.717) is 16.1 Å². The number of carboxylic acid groups (broad SMARTS) is 1. The predicted octanol–water partition coefficient (Wildman–Crippen LogP) is 0.980. The van der Waals surface area contributed by atoms with E-state index in [9.17, 15) is 9.59 Å². The van der Waals surface area contributed by atoms with Crippen molar-refractivity contribution in [2.75, 3.05) is 0 Å². The summed E-state index contributed by atoms with van der Waals surface area (Å²) >= 11 is 3.70. The molecule has 0 fully saturated rings. The molecule has 102 valence electrons. The number of nitrogens with one attached hydrogen (secondary N) is 1. The zero-order valence-electron chi connectivity index (χ0n) is 9.85. The fourth-order valence-electron chi connectivity index (χ4n) is 1.35. The van der Waals surface area contributed by atoms with E-state index in [2.05, 4.69) is 37.2 Å². The summed E-state index contributed by atoms with van der Waals surface area (Å²) in [5.74, 6) is -1.58. The standard InChI is InChI=1S/C9H6N2O3.C2H2N2OS/c12-8-5-3-1-2-4-6(5)10-7(11-8)9(13)14;6-2-4-3-1-5-2/h1-4H,(H,13,14)(H,10,11,12);1H,(H,4,6). The molecule has 20 heavy (non-hydrogen) atoms. The topological polar surface area (TPSA) is 122 Å². The van der Waals surface area contributed by atoms with Gasteiger partial charge in [0.25, 0.3) is 10.8 Å². The fraction of sp³-hybridized carbons (Fsp3) is 0. The lowest BCUT2D eigenvalue weighted by Crippen LogP contribution is -2.15. The smallest absolute Gasteiger partial charge is 0.372 e. The Balaban J connectivity index is 0.000000205. The van der Waals surface area contributed by atoms with Gasteiger partial charge in [-0.2, -0.15) is 0 Å². The predicted molar refractivity (Wildman–Crippen MR) is 70.9 cm³/mol. The first-order valence-corrected chi connectivity index (χ1v) is 5.70. The quantitative estimate of drug-likeness (QED) is 0.571. The minimum Gasteiger partial charge on any atom is -0.475 e. The largest absolute Gasteiger partial charge is 0.475 e. The first-order valence-electron chi connectivity index (χ1n) is 5.25. The van der Waals surface area contributed by atoms with Crippen LogP contribution < -0.4 is 5.56 Å². The van der Waals surface area contributed by atoms with Gasteiger partial charge in [0.05, 0.1) is 10.9 Å². The third-order valence-electron chi connectivity index (χ3n) is 2.16. The van der Waals surface area contributed by atoms with E-state index in [0.717, 1.165) is 0 Å². The molecular formula is C11H8N4O4S. The van der Waals surface area contributed by atoms with Crippen molar-refractivity contribution in [3.8, 4) is 0 Å². The van der Waals surface area contributed by atoms with E-state index in [-0.39, 0.29) is 5.82 Å². The maximum absolute atomic E-state index is 11.3. The number of aromatic nitrogens is 4. The average Bonchev–Trinajstić information content (AvgIpc) is 2.90. The molecule has 0 aliphatic rings. The molecule has 0 aliphatic carbocycles. The van der Waals surface area contributed by atoms with Crippen LogP contribution in [-0.4, -0.2) is 31.2 Å². The van der Waals surface area contributed by atoms with Crippen LogP contribution in [0.2, 0.25) is 0 Å². The van der Waals surface area contributed by atoms with Crippen LogP contribution in [0.1, 0.15) is 10.6 Å². The highest BCUT2D eigenvalue weighted by Crippen LogP contribution is 2.05. The summed E-state index contributed by atoms with van der Waals surface area (Å²) in [7, 11) is 0. The second kappa shape index (κ2) is 5.97. The second-order valence-electron chi connectivity index (χ2n) is 3.46. The normalized spacial score (nSPS) is 9.85. The Bertz CT molecular complexity index is 784. The lowest BCUT2D eigenvalue weighted by atomic mass is 10.2. The lowest BCUT2D eigenvalue weighted by Gasteiger charge is -1.97. The Morgan fingerprint density at radius 1 is 1.35 bits per heavy atom. The van der Waals surface area contributed by atoms with Gasteiger partial charge >= 0.3 is 5.97 Å². The van der Waals surface area contributed by atoms with E-state index < -0.39 is 11.5 Å². The monoisotopic (exact) mass is 292 g/mol. The molecule has 3 aromatic rings. The number of nitrogens with zero attached hydrogens (tertiary/aromatic N) is 3. The van der Waals surface area contributed by atoms with Crippen molar-refractivity contribution in [1.82, 2.24) is 20.2 Å². The summed E-state index contributed by atoms with van der Waals surface area (Å²) in [4.78, 5) is 27.9. The van der Waals surface area contributed by atoms with E-state index in [1.165, 1.54) is 6.39 Å². The number of hydrogen-bond acceptors (Lipinski definition) is 7. The number of aromatic amines is 1. The van der Waals surface area contributed by atoms with Gasteiger partial charge in [-0.25, -0.2) is 9.78 Å². The van der Waals surface area contributed by atoms with Gasteiger partial charge in [0.15, 0.2) is 0 Å². The maximum Gasteiger partial charge on any atom is 0.372 e. The van der Waals surface area contributed by atoms with Gasteiger partial charge in [-0.1, -0.05) is 24.8 Å². The molecule has 0 bridgehead atoms. The lowest BCUT2D eigenvalue weighted by molar-refractivity contribution is 0.0683. The second-order valence-corrected chi connectivity index (χ2v) is 3.84. The SMILES string of the molecule is O=C(O)c1nc2ccccc2c(=O)[nH]1.Sc1nnco1. The van der Waals surface area contributed by atoms with Crippen LogP contribution in [0.5, 0.6) is 0 Å². The maximum atomic E-state index is 11.3. The Labute approximate surface area is 116 Å². The first-order chi connectivity index (χ1) is 9.58. The molecule has 1 aromatic carbocycles. The highest BCUT2D eigenvalue weighted by molar-refractivity contribution is 7.80. The van der Waals surface area contributed by atoms with Gasteiger partial charge in [0, 0.05) is 0 Å². The van der Waals surface area contributed by atoms with Crippen molar-refractivity contribution in [1.29, 1.82) is 0 Å². The fourth-order valence-corrected chi connectivity index (χ4v) is 1.45. The Hall–Kier alpha value is -2.68. The van der Waals surface area contributed by atoms with Crippen LogP contribution in [0.3, 0.4) is 0 Å². The summed E-state index contributed by atoms with van der Waals surface area (Å²) in [6, 6.07) is 6.57. The minimum atomic E-state index is -1.24. The summed E-state index contributed by atoms with van der Waals surface area (Å²) in [6.07, 6.45) is 1.22. The molecular weight excluding hydrogens is 284 g/mol. The number of fused-ring (bicyclic) bond motifs is 1. The van der Waals surface area contributed by atoms with Crippen molar-refractivity contribution in [2.24, 2.45) is 0 Å². The Morgan fingerprint density at radius 2 is 2.10 bits per heavy atom. The van der Waals surface area contributed by atoms with Gasteiger partial charge in [0.1, 0.15) is 0 Å². The van der Waals surface area contributed by atoms with Crippen LogP contribution in [0.15, 0.2) is 45.1 Å². The molecule has 3 rings (SSSR count). The highest BCUT2D eigenvalue weighted by atomic mass is 32.1. The van der Waals surface area contributed by atoms with Gasteiger partial charge in [-0.15, -0.1) is 10.2 Å². The van der Waals surface area contributed by atoms with Gasteiger partial charge < -0.3 is 14.5 Å². The molecule has 8 nitrogen and oxygen atoms in total. The number of thiol groups is 1. The molecule has 0 amide bonds. The molecule has 2 aromatic heterocycles. The summed E-state index contributed by atoms with van der Waals surface area (Å²) in [6.45, 7) is 0. The van der Waals surface area contributed by atoms with Crippen LogP contribution in [0.25, 0.3) is 10.9 Å². The molecule has 0 unspecified atom stereocenters. The molecule has 0 saturated carbocycles. The van der Waals surface area contributed by atoms with E-state index in [1.807, 2.05) is 0 Å². The summed E-state index contributed by atoms with van der Waals surface area (Å²) in [5.41, 5.74) is -0.0540. The van der Waals surface area contributed by atoms with Crippen molar-refractivity contribution in [3.05, 3.63) is 46.8 Å². The third-order valence-corrected chi connectivity index (χ3v) is 2.36. The van der Waals surface area contributed by atoms with E-state index >= 15 is 0 Å². The molecule has 0 aliphatic heterocycles. The van der Waals surface area contributed by atoms with Crippen LogP contribution >= 0.6 is 12.6 Å². The number of rotatable bonds is 1. The number of H-pyrrole nitrogens is 1. The number of carboxylic acids is 1. The van der Waals surface area contributed by atoms with Crippen LogP contribution in [0, 0.1) is 0 Å². The van der Waals surface area contributed by atoms with Crippen molar-refractivity contribution >= 4 is 29.5 Å². The van der Waals surface area contributed by atoms with Crippen molar-refractivity contribution in [3.63, 3.8) is 0 Å². The zero-order chi connectivity index (χ0) is 14.5. The number of aromatic carboxylic acids is 1. The molecule has 2 heterocycles. The Kier molecular flexibility index (Phi) is 4.11. The van der Waals surface area contributed by atoms with Crippen molar-refractivity contribution < 1.29 is 14.3 Å². The molecule has 0 spiro atoms. The zero-order valence-corrected chi connectivity index (χ0v) is 10.7. The van der Waals surface area contributed by atoms with Gasteiger partial charge in [0.2, 0.25) is 12.2 Å². The molecule has 9 heteroatoms. The number of carbonyl (C=O) groups is 1. The van der Waals surface area contributed by atoms with Crippen LogP contribution in [0.4, 0.5) is 0 Å². The molecule has 2 N–H and O–H groups in total. The molecule has 0 radical (unpaired) electrons. The summed E-state index contributed by atoms with van der Waals surface area (Å²) < 4.78 is 4.48. The average molecular weight is 292 g/mol. The number of benzene rings is 1. The van der Waals surface area contributed by atoms with Crippen LogP contribution in [-0.2, 0) is 0 Å². The van der Waals surface area contributed by atoms with E-state index in [4.69, 9.17) is 5.11 Å². The molecule has 0 saturated heterocycles. The van der Waals surface area contributed by atoms with Gasteiger partial charge in [-0.3, -0.25) is 4.79 Å². The number of hydrogen-bond donors (Lipinski definition) is 3. The number of para-hydroxylation sites is 1. The molecule has 0 atom stereocenters. The van der Waals surface area contributed by atoms with E-state index in [1.54, 1.807) is 24.3 Å². The third kappa shape index (κ3) is 3.20. The van der Waals surface area contributed by atoms with Crippen molar-refractivity contribution in [2.45, 2.75) is 5.22 Å². The Morgan fingerprint density at radius 3 is 2.65 bits per heavy atom.